The number of amides is 2. The van der Waals surface area contributed by atoms with E-state index in [9.17, 15) is 14.0 Å². The zero-order chi connectivity index (χ0) is 17.8. The van der Waals surface area contributed by atoms with E-state index in [-0.39, 0.29) is 17.6 Å². The number of imidazole rings is 1. The van der Waals surface area contributed by atoms with Gasteiger partial charge in [-0.1, -0.05) is 0 Å². The van der Waals surface area contributed by atoms with Gasteiger partial charge in [0.1, 0.15) is 11.5 Å². The quantitative estimate of drug-likeness (QED) is 0.612. The number of H-pyrrole nitrogens is 1. The van der Waals surface area contributed by atoms with Crippen molar-refractivity contribution >= 4 is 24.0 Å². The Morgan fingerprint density at radius 2 is 2.08 bits per heavy atom. The van der Waals surface area contributed by atoms with Gasteiger partial charge < -0.3 is 15.2 Å². The fraction of sp³-hybridized carbons (Fsp3) is 0.353. The number of benzene rings is 1. The summed E-state index contributed by atoms with van der Waals surface area (Å²) in [5.41, 5.74) is 0.967. The van der Waals surface area contributed by atoms with Gasteiger partial charge in [-0.25, -0.2) is 4.39 Å². The van der Waals surface area contributed by atoms with Crippen molar-refractivity contribution in [1.82, 2.24) is 19.8 Å². The summed E-state index contributed by atoms with van der Waals surface area (Å²) < 4.78 is 15.0. The summed E-state index contributed by atoms with van der Waals surface area (Å²) in [5.74, 6) is -0.445. The lowest BCUT2D eigenvalue weighted by Gasteiger charge is -2.15. The average Bonchev–Trinajstić information content (AvgIpc) is 3.18. The van der Waals surface area contributed by atoms with E-state index in [1.165, 1.54) is 18.3 Å². The first kappa shape index (κ1) is 17.3. The van der Waals surface area contributed by atoms with Crippen LogP contribution in [0.2, 0.25) is 0 Å². The number of halogens is 1. The van der Waals surface area contributed by atoms with E-state index in [2.05, 4.69) is 10.3 Å². The van der Waals surface area contributed by atoms with E-state index in [0.717, 1.165) is 13.0 Å². The number of carbonyl (C=O) groups is 2. The number of aromatic nitrogens is 2. The number of aromatic amines is 1. The molecule has 2 heterocycles. The number of hydrogen-bond donors (Lipinski definition) is 2. The van der Waals surface area contributed by atoms with Gasteiger partial charge in [-0.15, -0.1) is 0 Å². The van der Waals surface area contributed by atoms with Crippen LogP contribution in [-0.4, -0.2) is 45.9 Å². The maximum atomic E-state index is 13.1. The van der Waals surface area contributed by atoms with Gasteiger partial charge in [-0.05, 0) is 49.3 Å². The zero-order valence-electron chi connectivity index (χ0n) is 13.6. The molecule has 0 bridgehead atoms. The summed E-state index contributed by atoms with van der Waals surface area (Å²) in [7, 11) is 0. The molecule has 0 saturated carbocycles. The molecule has 1 aromatic heterocycles. The Kier molecular flexibility index (Phi) is 5.28. The monoisotopic (exact) mass is 362 g/mol. The topological polar surface area (TPSA) is 70.1 Å². The van der Waals surface area contributed by atoms with Crippen molar-refractivity contribution in [3.63, 3.8) is 0 Å². The minimum atomic E-state index is -0.353. The number of rotatable bonds is 6. The number of carbonyl (C=O) groups excluding carboxylic acids is 2. The molecule has 25 heavy (non-hydrogen) atoms. The van der Waals surface area contributed by atoms with Gasteiger partial charge in [0, 0.05) is 37.9 Å². The van der Waals surface area contributed by atoms with Crippen LogP contribution in [0.3, 0.4) is 0 Å². The maximum absolute atomic E-state index is 13.1. The summed E-state index contributed by atoms with van der Waals surface area (Å²) in [6.07, 6.45) is 3.76. The highest BCUT2D eigenvalue weighted by atomic mass is 32.1. The normalized spacial score (nSPS) is 14.1. The Hall–Kier alpha value is -2.48. The molecular formula is C17H19FN4O2S. The van der Waals surface area contributed by atoms with Gasteiger partial charge in [-0.2, -0.15) is 0 Å². The van der Waals surface area contributed by atoms with Crippen LogP contribution >= 0.6 is 12.2 Å². The molecule has 1 aromatic carbocycles. The molecule has 6 nitrogen and oxygen atoms in total. The number of nitrogens with zero attached hydrogens (tertiary/aromatic N) is 2. The van der Waals surface area contributed by atoms with Crippen LogP contribution in [0.5, 0.6) is 0 Å². The van der Waals surface area contributed by atoms with E-state index in [1.54, 1.807) is 16.7 Å². The molecule has 1 fully saturated rings. The number of likely N-dealkylation sites (tertiary alicyclic amines) is 1. The van der Waals surface area contributed by atoms with Gasteiger partial charge in [0.2, 0.25) is 5.91 Å². The lowest BCUT2D eigenvalue weighted by molar-refractivity contribution is -0.127. The molecule has 0 spiro atoms. The Labute approximate surface area is 149 Å². The maximum Gasteiger partial charge on any atom is 0.269 e. The van der Waals surface area contributed by atoms with Crippen molar-refractivity contribution in [1.29, 1.82) is 0 Å². The van der Waals surface area contributed by atoms with Crippen LogP contribution in [0.1, 0.15) is 29.8 Å². The Bertz CT molecular complexity index is 828. The van der Waals surface area contributed by atoms with E-state index in [4.69, 9.17) is 12.2 Å². The van der Waals surface area contributed by atoms with E-state index >= 15 is 0 Å². The first-order valence-electron chi connectivity index (χ1n) is 8.18. The van der Waals surface area contributed by atoms with Gasteiger partial charge >= 0.3 is 0 Å². The lowest BCUT2D eigenvalue weighted by Crippen LogP contribution is -2.31. The highest BCUT2D eigenvalue weighted by Crippen LogP contribution is 2.14. The minimum absolute atomic E-state index is 0.182. The van der Waals surface area contributed by atoms with Gasteiger partial charge in [0.15, 0.2) is 4.77 Å². The van der Waals surface area contributed by atoms with E-state index in [0.29, 0.717) is 42.1 Å². The van der Waals surface area contributed by atoms with Crippen molar-refractivity contribution in [3.05, 3.63) is 46.7 Å². The molecule has 0 radical (unpaired) electrons. The Morgan fingerprint density at radius 1 is 1.32 bits per heavy atom. The van der Waals surface area contributed by atoms with Crippen LogP contribution in [0.4, 0.5) is 4.39 Å². The Morgan fingerprint density at radius 3 is 2.76 bits per heavy atom. The van der Waals surface area contributed by atoms with Gasteiger partial charge in [-0.3, -0.25) is 14.2 Å². The van der Waals surface area contributed by atoms with Crippen LogP contribution in [-0.2, 0) is 4.79 Å². The molecule has 1 aliphatic rings. The molecule has 2 N–H and O–H groups in total. The highest BCUT2D eigenvalue weighted by molar-refractivity contribution is 7.71. The second-order valence-corrected chi connectivity index (χ2v) is 6.27. The standard InChI is InChI=1S/C17H19FN4O2S/c18-12-4-6-13(7-5-12)22-14(11-20-17(22)25)16(24)19-8-2-10-21-9-1-3-15(21)23/h4-7,11H,1-3,8-10H2,(H,19,24)(H,20,25). The van der Waals surface area contributed by atoms with Crippen LogP contribution in [0.15, 0.2) is 30.5 Å². The third kappa shape index (κ3) is 3.96. The molecular weight excluding hydrogens is 343 g/mol. The largest absolute Gasteiger partial charge is 0.351 e. The van der Waals surface area contributed by atoms with Crippen molar-refractivity contribution in [3.8, 4) is 5.69 Å². The summed E-state index contributed by atoms with van der Waals surface area (Å²) in [5, 5.41) is 2.83. The van der Waals surface area contributed by atoms with Crippen molar-refractivity contribution in [2.75, 3.05) is 19.6 Å². The third-order valence-electron chi connectivity index (χ3n) is 4.16. The predicted molar refractivity (Wildman–Crippen MR) is 93.7 cm³/mol. The zero-order valence-corrected chi connectivity index (χ0v) is 14.4. The molecule has 1 aliphatic heterocycles. The van der Waals surface area contributed by atoms with Gasteiger partial charge in [0.05, 0.1) is 0 Å². The third-order valence-corrected chi connectivity index (χ3v) is 4.46. The van der Waals surface area contributed by atoms with Crippen molar-refractivity contribution < 1.29 is 14.0 Å². The van der Waals surface area contributed by atoms with Crippen LogP contribution < -0.4 is 5.32 Å². The van der Waals surface area contributed by atoms with Crippen molar-refractivity contribution in [2.45, 2.75) is 19.3 Å². The number of hydrogen-bond acceptors (Lipinski definition) is 3. The number of nitrogens with one attached hydrogen (secondary N) is 2. The van der Waals surface area contributed by atoms with Crippen LogP contribution in [0, 0.1) is 10.6 Å². The second-order valence-electron chi connectivity index (χ2n) is 5.88. The summed E-state index contributed by atoms with van der Waals surface area (Å²) in [6, 6.07) is 5.77. The Balaban J connectivity index is 1.62. The van der Waals surface area contributed by atoms with Crippen molar-refractivity contribution in [2.24, 2.45) is 0 Å². The smallest absolute Gasteiger partial charge is 0.269 e. The molecule has 132 valence electrons. The van der Waals surface area contributed by atoms with E-state index < -0.39 is 0 Å². The summed E-state index contributed by atoms with van der Waals surface area (Å²) >= 11 is 5.22. The second kappa shape index (κ2) is 7.60. The average molecular weight is 362 g/mol. The van der Waals surface area contributed by atoms with Crippen LogP contribution in [0.25, 0.3) is 5.69 Å². The molecule has 2 amide bonds. The summed E-state index contributed by atoms with van der Waals surface area (Å²) in [6.45, 7) is 1.91. The molecule has 2 aromatic rings. The molecule has 0 aliphatic carbocycles. The van der Waals surface area contributed by atoms with E-state index in [1.807, 2.05) is 4.90 Å². The lowest BCUT2D eigenvalue weighted by atomic mass is 10.3. The molecule has 0 atom stereocenters. The SMILES string of the molecule is O=C(NCCCN1CCCC1=O)c1c[nH]c(=S)n1-c1ccc(F)cc1. The summed E-state index contributed by atoms with van der Waals surface area (Å²) in [4.78, 5) is 28.6. The first-order chi connectivity index (χ1) is 12.1. The van der Waals surface area contributed by atoms with Gasteiger partial charge in [0.25, 0.3) is 5.91 Å². The first-order valence-corrected chi connectivity index (χ1v) is 8.59. The molecule has 3 rings (SSSR count). The predicted octanol–water partition coefficient (Wildman–Crippen LogP) is 2.42. The molecule has 1 saturated heterocycles. The molecule has 8 heteroatoms. The molecule has 0 unspecified atom stereocenters. The minimum Gasteiger partial charge on any atom is -0.351 e. The fourth-order valence-electron chi connectivity index (χ4n) is 2.89. The highest BCUT2D eigenvalue weighted by Gasteiger charge is 2.19. The fourth-order valence-corrected chi connectivity index (χ4v) is 3.15.